The van der Waals surface area contributed by atoms with Crippen molar-refractivity contribution in [3.05, 3.63) is 66.1 Å². The van der Waals surface area contributed by atoms with Crippen molar-refractivity contribution in [2.45, 2.75) is 11.9 Å². The maximum atomic E-state index is 5.84. The number of nitrogens with zero attached hydrogens (tertiary/aromatic N) is 3. The van der Waals surface area contributed by atoms with Crippen molar-refractivity contribution in [1.29, 1.82) is 0 Å². The van der Waals surface area contributed by atoms with E-state index in [1.165, 1.54) is 5.56 Å². The van der Waals surface area contributed by atoms with Crippen LogP contribution in [-0.4, -0.2) is 54.2 Å². The predicted molar refractivity (Wildman–Crippen MR) is 116 cm³/mol. The minimum Gasteiger partial charge on any atom is -0.493 e. The normalized spacial score (nSPS) is 18.1. The first-order valence-electron chi connectivity index (χ1n) is 9.86. The molecule has 3 aromatic rings. The van der Waals surface area contributed by atoms with E-state index in [1.807, 2.05) is 30.3 Å². The summed E-state index contributed by atoms with van der Waals surface area (Å²) in [4.78, 5) is 0. The summed E-state index contributed by atoms with van der Waals surface area (Å²) in [5, 5.41) is 12.0. The van der Waals surface area contributed by atoms with E-state index in [0.717, 1.165) is 34.6 Å². The van der Waals surface area contributed by atoms with Gasteiger partial charge in [0.2, 0.25) is 11.8 Å². The average Bonchev–Trinajstić information content (AvgIpc) is 3.35. The lowest BCUT2D eigenvalue weighted by atomic mass is 10.1. The van der Waals surface area contributed by atoms with E-state index in [9.17, 15) is 0 Å². The number of hydrogen-bond acceptors (Lipinski definition) is 6. The molecule has 0 aliphatic carbocycles. The molecule has 2 aromatic carbocycles. The molecule has 0 saturated carbocycles. The number of thioether (sulfide) groups is 1. The molecule has 1 fully saturated rings. The SMILES string of the molecule is C[N+]1(C)CCNC1c1ccc(-c2nnc(CSCCOc3ccccc3)o2)cc1. The third kappa shape index (κ3) is 4.98. The van der Waals surface area contributed by atoms with Crippen LogP contribution in [0, 0.1) is 0 Å². The van der Waals surface area contributed by atoms with Gasteiger partial charge in [0, 0.05) is 16.9 Å². The van der Waals surface area contributed by atoms with Gasteiger partial charge in [0.15, 0.2) is 6.17 Å². The maximum absolute atomic E-state index is 5.84. The zero-order valence-corrected chi connectivity index (χ0v) is 17.7. The van der Waals surface area contributed by atoms with Crippen molar-refractivity contribution in [3.8, 4) is 17.2 Å². The van der Waals surface area contributed by atoms with Crippen LogP contribution < -0.4 is 10.1 Å². The molecular formula is C22H27N4O2S+. The summed E-state index contributed by atoms with van der Waals surface area (Å²) in [5.74, 6) is 3.65. The Morgan fingerprint density at radius 2 is 1.90 bits per heavy atom. The zero-order chi connectivity index (χ0) is 20.1. The van der Waals surface area contributed by atoms with E-state index in [0.29, 0.717) is 30.3 Å². The van der Waals surface area contributed by atoms with Gasteiger partial charge in [0.05, 0.1) is 39.5 Å². The summed E-state index contributed by atoms with van der Waals surface area (Å²) in [6, 6.07) is 18.3. The first kappa shape index (κ1) is 19.9. The van der Waals surface area contributed by atoms with Crippen LogP contribution in [0.5, 0.6) is 5.75 Å². The number of aromatic nitrogens is 2. The largest absolute Gasteiger partial charge is 0.493 e. The number of hydrogen-bond donors (Lipinski definition) is 1. The number of ether oxygens (including phenoxy) is 1. The van der Waals surface area contributed by atoms with Gasteiger partial charge in [-0.1, -0.05) is 30.3 Å². The molecule has 1 aliphatic rings. The lowest BCUT2D eigenvalue weighted by molar-refractivity contribution is -0.909. The third-order valence-corrected chi connectivity index (χ3v) is 6.04. The maximum Gasteiger partial charge on any atom is 0.247 e. The van der Waals surface area contributed by atoms with Gasteiger partial charge < -0.3 is 13.6 Å². The Morgan fingerprint density at radius 1 is 1.10 bits per heavy atom. The van der Waals surface area contributed by atoms with E-state index < -0.39 is 0 Å². The molecule has 1 aromatic heterocycles. The summed E-state index contributed by atoms with van der Waals surface area (Å²) >= 11 is 1.72. The lowest BCUT2D eigenvalue weighted by Gasteiger charge is -2.30. The summed E-state index contributed by atoms with van der Waals surface area (Å²) in [6.07, 6.45) is 0.330. The third-order valence-electron chi connectivity index (χ3n) is 5.13. The fourth-order valence-electron chi connectivity index (χ4n) is 3.52. The second kappa shape index (κ2) is 8.98. The minimum atomic E-state index is 0.330. The van der Waals surface area contributed by atoms with Crippen molar-refractivity contribution in [3.63, 3.8) is 0 Å². The smallest absolute Gasteiger partial charge is 0.247 e. The van der Waals surface area contributed by atoms with Gasteiger partial charge in [-0.25, -0.2) is 0 Å². The number of nitrogens with one attached hydrogen (secondary N) is 1. The Bertz CT molecular complexity index is 912. The second-order valence-corrected chi connectivity index (χ2v) is 8.80. The highest BCUT2D eigenvalue weighted by Gasteiger charge is 2.34. The molecule has 1 atom stereocenters. The molecule has 0 radical (unpaired) electrons. The first-order valence-corrected chi connectivity index (χ1v) is 11.0. The summed E-state index contributed by atoms with van der Waals surface area (Å²) < 4.78 is 12.5. The van der Waals surface area contributed by atoms with Gasteiger partial charge in [-0.05, 0) is 24.3 Å². The molecule has 152 valence electrons. The molecule has 6 nitrogen and oxygen atoms in total. The van der Waals surface area contributed by atoms with Crippen LogP contribution in [0.1, 0.15) is 17.6 Å². The van der Waals surface area contributed by atoms with Crippen LogP contribution >= 0.6 is 11.8 Å². The van der Waals surface area contributed by atoms with E-state index in [1.54, 1.807) is 11.8 Å². The Labute approximate surface area is 175 Å². The van der Waals surface area contributed by atoms with Crippen LogP contribution in [0.15, 0.2) is 59.0 Å². The van der Waals surface area contributed by atoms with E-state index >= 15 is 0 Å². The Kier molecular flexibility index (Phi) is 6.18. The molecule has 2 heterocycles. The number of benzene rings is 2. The van der Waals surface area contributed by atoms with Crippen LogP contribution in [0.25, 0.3) is 11.5 Å². The molecule has 1 aliphatic heterocycles. The van der Waals surface area contributed by atoms with E-state index in [4.69, 9.17) is 9.15 Å². The molecule has 7 heteroatoms. The molecule has 29 heavy (non-hydrogen) atoms. The molecule has 1 unspecified atom stereocenters. The molecule has 0 bridgehead atoms. The topological polar surface area (TPSA) is 60.2 Å². The summed E-state index contributed by atoms with van der Waals surface area (Å²) in [6.45, 7) is 2.83. The van der Waals surface area contributed by atoms with Gasteiger partial charge in [-0.3, -0.25) is 5.32 Å². The molecular weight excluding hydrogens is 384 g/mol. The van der Waals surface area contributed by atoms with Crippen molar-refractivity contribution < 1.29 is 13.6 Å². The van der Waals surface area contributed by atoms with Crippen LogP contribution in [0.3, 0.4) is 0 Å². The Balaban J connectivity index is 1.27. The number of para-hydroxylation sites is 1. The van der Waals surface area contributed by atoms with Crippen LogP contribution in [-0.2, 0) is 5.75 Å². The van der Waals surface area contributed by atoms with Gasteiger partial charge in [-0.2, -0.15) is 0 Å². The number of rotatable bonds is 8. The quantitative estimate of drug-likeness (QED) is 0.450. The Morgan fingerprint density at radius 3 is 2.62 bits per heavy atom. The standard InChI is InChI=1S/C22H27N4O2S/c1-26(2)13-12-23-21(26)17-8-10-18(11-9-17)22-25-24-20(28-22)16-29-15-14-27-19-6-4-3-5-7-19/h3-11,21,23H,12-16H2,1-2H3/q+1. The van der Waals surface area contributed by atoms with Gasteiger partial charge in [-0.15, -0.1) is 22.0 Å². The van der Waals surface area contributed by atoms with Crippen molar-refractivity contribution in [2.75, 3.05) is 39.5 Å². The molecule has 1 N–H and O–H groups in total. The molecule has 1 saturated heterocycles. The summed E-state index contributed by atoms with van der Waals surface area (Å²) in [7, 11) is 4.51. The Hall–Kier alpha value is -2.35. The van der Waals surface area contributed by atoms with E-state index in [2.05, 4.69) is 53.9 Å². The second-order valence-electron chi connectivity index (χ2n) is 7.70. The highest BCUT2D eigenvalue weighted by molar-refractivity contribution is 7.98. The predicted octanol–water partition coefficient (Wildman–Crippen LogP) is 3.73. The average molecular weight is 412 g/mol. The van der Waals surface area contributed by atoms with E-state index in [-0.39, 0.29) is 0 Å². The van der Waals surface area contributed by atoms with Gasteiger partial charge in [0.1, 0.15) is 5.75 Å². The van der Waals surface area contributed by atoms with Crippen LogP contribution in [0.4, 0.5) is 0 Å². The van der Waals surface area contributed by atoms with Gasteiger partial charge >= 0.3 is 0 Å². The van der Waals surface area contributed by atoms with Gasteiger partial charge in [0.25, 0.3) is 0 Å². The monoisotopic (exact) mass is 411 g/mol. The first-order chi connectivity index (χ1) is 14.1. The lowest BCUT2D eigenvalue weighted by Crippen LogP contribution is -2.41. The summed E-state index contributed by atoms with van der Waals surface area (Å²) in [5.41, 5.74) is 2.23. The highest BCUT2D eigenvalue weighted by Crippen LogP contribution is 2.28. The highest BCUT2D eigenvalue weighted by atomic mass is 32.2. The van der Waals surface area contributed by atoms with Crippen LogP contribution in [0.2, 0.25) is 0 Å². The van der Waals surface area contributed by atoms with Crippen molar-refractivity contribution in [1.82, 2.24) is 15.5 Å². The molecule has 0 spiro atoms. The molecule has 4 rings (SSSR count). The fraction of sp³-hybridized carbons (Fsp3) is 0.364. The molecule has 0 amide bonds. The van der Waals surface area contributed by atoms with Crippen molar-refractivity contribution >= 4 is 11.8 Å². The van der Waals surface area contributed by atoms with Crippen molar-refractivity contribution in [2.24, 2.45) is 0 Å². The number of quaternary nitrogens is 1. The minimum absolute atomic E-state index is 0.330. The zero-order valence-electron chi connectivity index (χ0n) is 16.9. The fourth-order valence-corrected chi connectivity index (χ4v) is 4.16. The number of likely N-dealkylation sites (N-methyl/N-ethyl adjacent to an activating group) is 1.